The molecule has 116 valence electrons. The van der Waals surface area contributed by atoms with E-state index in [1.54, 1.807) is 5.57 Å². The Morgan fingerprint density at radius 2 is 1.95 bits per heavy atom. The SMILES string of the molecule is CC1=CCC[C@@H](C)[C@@H]1CN1CCC(NS(C)(=O)=O)CC1. The Bertz CT molecular complexity index is 450. The standard InChI is InChI=1S/C15H28N2O2S/c1-12-5-4-6-13(2)15(12)11-17-9-7-14(8-10-17)16-20(3,18)19/h5,13-16H,4,6-11H2,1-3H3/t13-,15-/m1/s1. The molecule has 2 atom stereocenters. The molecular weight excluding hydrogens is 272 g/mol. The summed E-state index contributed by atoms with van der Waals surface area (Å²) in [6.45, 7) is 7.76. The molecule has 20 heavy (non-hydrogen) atoms. The Labute approximate surface area is 123 Å². The van der Waals surface area contributed by atoms with Gasteiger partial charge in [-0.1, -0.05) is 18.6 Å². The summed E-state index contributed by atoms with van der Waals surface area (Å²) in [5.41, 5.74) is 1.54. The molecule has 2 rings (SSSR count). The summed E-state index contributed by atoms with van der Waals surface area (Å²) in [5, 5.41) is 0. The second kappa shape index (κ2) is 6.58. The van der Waals surface area contributed by atoms with Crippen molar-refractivity contribution in [3.05, 3.63) is 11.6 Å². The highest BCUT2D eigenvalue weighted by Crippen LogP contribution is 2.31. The van der Waals surface area contributed by atoms with Gasteiger partial charge < -0.3 is 4.90 Å². The topological polar surface area (TPSA) is 49.4 Å². The second-order valence-corrected chi connectivity index (χ2v) is 8.35. The van der Waals surface area contributed by atoms with E-state index in [9.17, 15) is 8.42 Å². The Morgan fingerprint density at radius 3 is 2.50 bits per heavy atom. The lowest BCUT2D eigenvalue weighted by Crippen LogP contribution is -2.46. The molecule has 1 heterocycles. The van der Waals surface area contributed by atoms with Gasteiger partial charge in [-0.25, -0.2) is 13.1 Å². The molecule has 0 aromatic carbocycles. The van der Waals surface area contributed by atoms with Crippen molar-refractivity contribution < 1.29 is 8.42 Å². The van der Waals surface area contributed by atoms with Gasteiger partial charge >= 0.3 is 0 Å². The lowest BCUT2D eigenvalue weighted by molar-refractivity contribution is 0.165. The van der Waals surface area contributed by atoms with E-state index in [1.165, 1.54) is 19.1 Å². The van der Waals surface area contributed by atoms with Gasteiger partial charge in [-0.05, 0) is 57.5 Å². The summed E-state index contributed by atoms with van der Waals surface area (Å²) in [6.07, 6.45) is 8.02. The number of hydrogen-bond acceptors (Lipinski definition) is 3. The van der Waals surface area contributed by atoms with Gasteiger partial charge in [0.15, 0.2) is 0 Å². The Morgan fingerprint density at radius 1 is 1.30 bits per heavy atom. The molecule has 0 spiro atoms. The van der Waals surface area contributed by atoms with Gasteiger partial charge in [0, 0.05) is 12.6 Å². The van der Waals surface area contributed by atoms with E-state index in [4.69, 9.17) is 0 Å². The van der Waals surface area contributed by atoms with Gasteiger partial charge in [0.25, 0.3) is 0 Å². The third kappa shape index (κ3) is 4.57. The third-order valence-corrected chi connectivity index (χ3v) is 5.54. The van der Waals surface area contributed by atoms with Gasteiger partial charge in [0.05, 0.1) is 6.26 Å². The highest BCUT2D eigenvalue weighted by atomic mass is 32.2. The van der Waals surface area contributed by atoms with Crippen molar-refractivity contribution in [3.63, 3.8) is 0 Å². The van der Waals surface area contributed by atoms with Crippen LogP contribution in [0.2, 0.25) is 0 Å². The van der Waals surface area contributed by atoms with Gasteiger partial charge in [0.2, 0.25) is 10.0 Å². The molecule has 0 aromatic rings. The molecular formula is C15H28N2O2S. The zero-order chi connectivity index (χ0) is 14.8. The minimum absolute atomic E-state index is 0.127. The molecule has 1 aliphatic heterocycles. The Hall–Kier alpha value is -0.390. The van der Waals surface area contributed by atoms with E-state index < -0.39 is 10.0 Å². The van der Waals surface area contributed by atoms with Crippen molar-refractivity contribution >= 4 is 10.0 Å². The fourth-order valence-corrected chi connectivity index (χ4v) is 4.35. The van der Waals surface area contributed by atoms with E-state index in [1.807, 2.05) is 0 Å². The number of allylic oxidation sites excluding steroid dienone is 1. The van der Waals surface area contributed by atoms with E-state index in [2.05, 4.69) is 29.5 Å². The molecule has 0 aromatic heterocycles. The monoisotopic (exact) mass is 300 g/mol. The largest absolute Gasteiger partial charge is 0.303 e. The number of hydrogen-bond donors (Lipinski definition) is 1. The van der Waals surface area contributed by atoms with Gasteiger partial charge in [-0.2, -0.15) is 0 Å². The number of nitrogens with zero attached hydrogens (tertiary/aromatic N) is 1. The molecule has 0 unspecified atom stereocenters. The van der Waals surface area contributed by atoms with Gasteiger partial charge in [-0.15, -0.1) is 0 Å². The molecule has 0 bridgehead atoms. The van der Waals surface area contributed by atoms with Crippen molar-refractivity contribution in [2.45, 2.75) is 45.6 Å². The van der Waals surface area contributed by atoms with Gasteiger partial charge in [-0.3, -0.25) is 0 Å². The van der Waals surface area contributed by atoms with Crippen molar-refractivity contribution in [2.75, 3.05) is 25.9 Å². The minimum atomic E-state index is -3.06. The average molecular weight is 300 g/mol. The molecule has 2 aliphatic rings. The Balaban J connectivity index is 1.82. The third-order valence-electron chi connectivity index (χ3n) is 4.78. The summed E-state index contributed by atoms with van der Waals surface area (Å²) >= 11 is 0. The fraction of sp³-hybridized carbons (Fsp3) is 0.867. The number of rotatable bonds is 4. The molecule has 4 nitrogen and oxygen atoms in total. The number of piperidine rings is 1. The zero-order valence-electron chi connectivity index (χ0n) is 12.9. The van der Waals surface area contributed by atoms with Crippen molar-refractivity contribution in [1.82, 2.24) is 9.62 Å². The highest BCUT2D eigenvalue weighted by molar-refractivity contribution is 7.88. The van der Waals surface area contributed by atoms with Crippen LogP contribution in [0.1, 0.15) is 39.5 Å². The summed E-state index contributed by atoms with van der Waals surface area (Å²) in [5.74, 6) is 1.45. The van der Waals surface area contributed by atoms with Crippen LogP contribution in [0.5, 0.6) is 0 Å². The van der Waals surface area contributed by atoms with E-state index >= 15 is 0 Å². The summed E-state index contributed by atoms with van der Waals surface area (Å²) in [7, 11) is -3.06. The first-order valence-electron chi connectivity index (χ1n) is 7.71. The maximum Gasteiger partial charge on any atom is 0.208 e. The van der Waals surface area contributed by atoms with Crippen LogP contribution < -0.4 is 4.72 Å². The van der Waals surface area contributed by atoms with Crippen LogP contribution >= 0.6 is 0 Å². The molecule has 5 heteroatoms. The highest BCUT2D eigenvalue weighted by Gasteiger charge is 2.27. The maximum atomic E-state index is 11.3. The molecule has 0 radical (unpaired) electrons. The van der Waals surface area contributed by atoms with Crippen molar-refractivity contribution in [1.29, 1.82) is 0 Å². The molecule has 1 N–H and O–H groups in total. The second-order valence-electron chi connectivity index (χ2n) is 6.57. The molecule has 0 amide bonds. The van der Waals surface area contributed by atoms with Crippen LogP contribution in [-0.2, 0) is 10.0 Å². The zero-order valence-corrected chi connectivity index (χ0v) is 13.7. The first-order chi connectivity index (χ1) is 9.35. The van der Waals surface area contributed by atoms with Crippen LogP contribution in [0.25, 0.3) is 0 Å². The lowest BCUT2D eigenvalue weighted by Gasteiger charge is -2.37. The number of nitrogens with one attached hydrogen (secondary N) is 1. The van der Waals surface area contributed by atoms with Crippen LogP contribution in [-0.4, -0.2) is 45.2 Å². The van der Waals surface area contributed by atoms with E-state index in [-0.39, 0.29) is 6.04 Å². The first-order valence-corrected chi connectivity index (χ1v) is 9.60. The predicted molar refractivity (Wildman–Crippen MR) is 83.1 cm³/mol. The smallest absolute Gasteiger partial charge is 0.208 e. The van der Waals surface area contributed by atoms with Crippen LogP contribution in [0.4, 0.5) is 0 Å². The Kier molecular flexibility index (Phi) is 5.26. The van der Waals surface area contributed by atoms with E-state index in [0.717, 1.165) is 38.4 Å². The molecule has 1 aliphatic carbocycles. The molecule has 1 saturated heterocycles. The fourth-order valence-electron chi connectivity index (χ4n) is 3.51. The van der Waals surface area contributed by atoms with Crippen molar-refractivity contribution in [2.24, 2.45) is 11.8 Å². The predicted octanol–water partition coefficient (Wildman–Crippen LogP) is 1.99. The van der Waals surface area contributed by atoms with E-state index in [0.29, 0.717) is 5.92 Å². The van der Waals surface area contributed by atoms with Crippen LogP contribution in [0.15, 0.2) is 11.6 Å². The summed E-state index contributed by atoms with van der Waals surface area (Å²) < 4.78 is 25.2. The number of sulfonamides is 1. The van der Waals surface area contributed by atoms with Crippen LogP contribution in [0.3, 0.4) is 0 Å². The quantitative estimate of drug-likeness (QED) is 0.808. The normalized spacial score (nSPS) is 30.2. The molecule has 1 fully saturated rings. The minimum Gasteiger partial charge on any atom is -0.303 e. The van der Waals surface area contributed by atoms with Gasteiger partial charge in [0.1, 0.15) is 0 Å². The molecule has 0 saturated carbocycles. The summed E-state index contributed by atoms with van der Waals surface area (Å²) in [6, 6.07) is 0.127. The maximum absolute atomic E-state index is 11.3. The average Bonchev–Trinajstić information content (AvgIpc) is 2.34. The first kappa shape index (κ1) is 16.0. The lowest BCUT2D eigenvalue weighted by atomic mass is 9.79. The van der Waals surface area contributed by atoms with Crippen LogP contribution in [0, 0.1) is 11.8 Å². The number of likely N-dealkylation sites (tertiary alicyclic amines) is 1. The van der Waals surface area contributed by atoms with Crippen molar-refractivity contribution in [3.8, 4) is 0 Å². The summed E-state index contributed by atoms with van der Waals surface area (Å²) in [4.78, 5) is 2.50.